The van der Waals surface area contributed by atoms with Crippen molar-refractivity contribution >= 4 is 5.91 Å². The smallest absolute Gasteiger partial charge is 0.255 e. The van der Waals surface area contributed by atoms with Crippen molar-refractivity contribution in [1.29, 1.82) is 0 Å². The van der Waals surface area contributed by atoms with Gasteiger partial charge < -0.3 is 10.2 Å². The van der Waals surface area contributed by atoms with Gasteiger partial charge in [-0.3, -0.25) is 9.78 Å². The standard InChI is InChI=1S/C18H21N3O/c1-21(17-7-9-19-10-8-17)18(22)16-11-15(12-20-13-16)14-5-3-2-4-6-14/h2-6,11-13,17,19H,7-10H2,1H3. The van der Waals surface area contributed by atoms with Crippen LogP contribution in [0.3, 0.4) is 0 Å². The highest BCUT2D eigenvalue weighted by Crippen LogP contribution is 2.20. The zero-order valence-corrected chi connectivity index (χ0v) is 12.8. The van der Waals surface area contributed by atoms with E-state index in [0.29, 0.717) is 11.6 Å². The van der Waals surface area contributed by atoms with Crippen LogP contribution in [0.2, 0.25) is 0 Å². The van der Waals surface area contributed by atoms with Crippen molar-refractivity contribution in [3.05, 3.63) is 54.4 Å². The molecule has 1 aromatic heterocycles. The van der Waals surface area contributed by atoms with Crippen molar-refractivity contribution in [3.63, 3.8) is 0 Å². The first-order valence-corrected chi connectivity index (χ1v) is 7.74. The molecule has 0 aliphatic carbocycles. The lowest BCUT2D eigenvalue weighted by Crippen LogP contribution is -2.44. The molecule has 114 valence electrons. The average Bonchev–Trinajstić information content (AvgIpc) is 2.62. The van der Waals surface area contributed by atoms with E-state index >= 15 is 0 Å². The molecule has 4 nitrogen and oxygen atoms in total. The van der Waals surface area contributed by atoms with Gasteiger partial charge in [-0.05, 0) is 37.6 Å². The third-order valence-electron chi connectivity index (χ3n) is 4.27. The van der Waals surface area contributed by atoms with Crippen molar-refractivity contribution in [2.45, 2.75) is 18.9 Å². The lowest BCUT2D eigenvalue weighted by Gasteiger charge is -2.31. The van der Waals surface area contributed by atoms with E-state index in [-0.39, 0.29) is 5.91 Å². The number of carbonyl (C=O) groups is 1. The molecule has 4 heteroatoms. The summed E-state index contributed by atoms with van der Waals surface area (Å²) in [5.74, 6) is 0.0529. The van der Waals surface area contributed by atoms with E-state index in [9.17, 15) is 4.79 Å². The van der Waals surface area contributed by atoms with Crippen LogP contribution in [0.1, 0.15) is 23.2 Å². The molecule has 1 fully saturated rings. The molecule has 1 saturated heterocycles. The largest absolute Gasteiger partial charge is 0.339 e. The Morgan fingerprint density at radius 2 is 1.86 bits per heavy atom. The van der Waals surface area contributed by atoms with Gasteiger partial charge in [0.15, 0.2) is 0 Å². The SMILES string of the molecule is CN(C(=O)c1cncc(-c2ccccc2)c1)C1CCNCC1. The van der Waals surface area contributed by atoms with E-state index in [0.717, 1.165) is 37.1 Å². The molecule has 0 spiro atoms. The third kappa shape index (κ3) is 3.17. The van der Waals surface area contributed by atoms with Crippen LogP contribution < -0.4 is 5.32 Å². The monoisotopic (exact) mass is 295 g/mol. The molecular weight excluding hydrogens is 274 g/mol. The summed E-state index contributed by atoms with van der Waals surface area (Å²) in [5.41, 5.74) is 2.71. The fourth-order valence-electron chi connectivity index (χ4n) is 2.91. The zero-order valence-electron chi connectivity index (χ0n) is 12.8. The van der Waals surface area contributed by atoms with Crippen molar-refractivity contribution in [2.75, 3.05) is 20.1 Å². The Kier molecular flexibility index (Phi) is 4.49. The highest BCUT2D eigenvalue weighted by Gasteiger charge is 2.23. The first-order valence-electron chi connectivity index (χ1n) is 7.74. The van der Waals surface area contributed by atoms with Crippen LogP contribution in [0.15, 0.2) is 48.8 Å². The van der Waals surface area contributed by atoms with Crippen molar-refractivity contribution in [3.8, 4) is 11.1 Å². The molecule has 2 aromatic rings. The van der Waals surface area contributed by atoms with E-state index in [2.05, 4.69) is 10.3 Å². The molecule has 2 heterocycles. The fraction of sp³-hybridized carbons (Fsp3) is 0.333. The van der Waals surface area contributed by atoms with Gasteiger partial charge in [0.2, 0.25) is 0 Å². The van der Waals surface area contributed by atoms with Gasteiger partial charge in [-0.2, -0.15) is 0 Å². The number of benzene rings is 1. The number of carbonyl (C=O) groups excluding carboxylic acids is 1. The number of piperidine rings is 1. The molecule has 1 aliphatic rings. The fourth-order valence-corrected chi connectivity index (χ4v) is 2.91. The first kappa shape index (κ1) is 14.7. The average molecular weight is 295 g/mol. The maximum absolute atomic E-state index is 12.7. The maximum Gasteiger partial charge on any atom is 0.255 e. The normalized spacial score (nSPS) is 15.5. The lowest BCUT2D eigenvalue weighted by atomic mass is 10.0. The summed E-state index contributed by atoms with van der Waals surface area (Å²) in [6.45, 7) is 1.95. The molecule has 0 saturated carbocycles. The second-order valence-electron chi connectivity index (χ2n) is 5.73. The minimum absolute atomic E-state index is 0.0529. The molecular formula is C18H21N3O. The molecule has 1 aliphatic heterocycles. The Morgan fingerprint density at radius 1 is 1.14 bits per heavy atom. The van der Waals surface area contributed by atoms with Crippen LogP contribution in [-0.4, -0.2) is 42.0 Å². The summed E-state index contributed by atoms with van der Waals surface area (Å²) in [5, 5.41) is 3.33. The topological polar surface area (TPSA) is 45.2 Å². The molecule has 1 aromatic carbocycles. The highest BCUT2D eigenvalue weighted by atomic mass is 16.2. The molecule has 3 rings (SSSR count). The van der Waals surface area contributed by atoms with Gasteiger partial charge in [-0.15, -0.1) is 0 Å². The van der Waals surface area contributed by atoms with Gasteiger partial charge in [-0.1, -0.05) is 30.3 Å². The molecule has 0 bridgehead atoms. The van der Waals surface area contributed by atoms with Crippen LogP contribution in [0, 0.1) is 0 Å². The van der Waals surface area contributed by atoms with E-state index < -0.39 is 0 Å². The van der Waals surface area contributed by atoms with E-state index in [1.54, 1.807) is 12.4 Å². The maximum atomic E-state index is 12.7. The number of pyridine rings is 1. The number of rotatable bonds is 3. The van der Waals surface area contributed by atoms with Gasteiger partial charge in [0, 0.05) is 31.0 Å². The number of hydrogen-bond acceptors (Lipinski definition) is 3. The minimum Gasteiger partial charge on any atom is -0.339 e. The number of nitrogens with one attached hydrogen (secondary N) is 1. The zero-order chi connectivity index (χ0) is 15.4. The summed E-state index contributed by atoms with van der Waals surface area (Å²) < 4.78 is 0. The molecule has 1 amide bonds. The quantitative estimate of drug-likeness (QED) is 0.946. The van der Waals surface area contributed by atoms with Crippen LogP contribution >= 0.6 is 0 Å². The van der Waals surface area contributed by atoms with Crippen molar-refractivity contribution < 1.29 is 4.79 Å². The minimum atomic E-state index is 0.0529. The van der Waals surface area contributed by atoms with Crippen molar-refractivity contribution in [2.24, 2.45) is 0 Å². The van der Waals surface area contributed by atoms with Gasteiger partial charge >= 0.3 is 0 Å². The predicted molar refractivity (Wildman–Crippen MR) is 87.7 cm³/mol. The summed E-state index contributed by atoms with van der Waals surface area (Å²) in [7, 11) is 1.90. The number of amides is 1. The Hall–Kier alpha value is -2.20. The Bertz CT molecular complexity index is 636. The highest BCUT2D eigenvalue weighted by molar-refractivity contribution is 5.95. The summed E-state index contributed by atoms with van der Waals surface area (Å²) >= 11 is 0. The van der Waals surface area contributed by atoms with E-state index in [1.165, 1.54) is 0 Å². The first-order chi connectivity index (χ1) is 10.8. The van der Waals surface area contributed by atoms with E-state index in [4.69, 9.17) is 0 Å². The Morgan fingerprint density at radius 3 is 2.59 bits per heavy atom. The van der Waals surface area contributed by atoms with Crippen LogP contribution in [0.5, 0.6) is 0 Å². The van der Waals surface area contributed by atoms with Gasteiger partial charge in [-0.25, -0.2) is 0 Å². The lowest BCUT2D eigenvalue weighted by molar-refractivity contribution is 0.0703. The predicted octanol–water partition coefficient (Wildman–Crippen LogP) is 2.57. The number of nitrogens with zero attached hydrogens (tertiary/aromatic N) is 2. The van der Waals surface area contributed by atoms with Crippen LogP contribution in [-0.2, 0) is 0 Å². The second kappa shape index (κ2) is 6.71. The number of hydrogen-bond donors (Lipinski definition) is 1. The van der Waals surface area contributed by atoms with Gasteiger partial charge in [0.25, 0.3) is 5.91 Å². The van der Waals surface area contributed by atoms with Crippen LogP contribution in [0.4, 0.5) is 0 Å². The van der Waals surface area contributed by atoms with Gasteiger partial charge in [0.05, 0.1) is 5.56 Å². The van der Waals surface area contributed by atoms with Crippen molar-refractivity contribution in [1.82, 2.24) is 15.2 Å². The molecule has 1 N–H and O–H groups in total. The Balaban J connectivity index is 1.81. The molecule has 0 unspecified atom stereocenters. The van der Waals surface area contributed by atoms with Crippen LogP contribution in [0.25, 0.3) is 11.1 Å². The second-order valence-corrected chi connectivity index (χ2v) is 5.73. The third-order valence-corrected chi connectivity index (χ3v) is 4.27. The molecule has 0 radical (unpaired) electrons. The molecule has 0 atom stereocenters. The van der Waals surface area contributed by atoms with E-state index in [1.807, 2.05) is 48.3 Å². The Labute approximate surface area is 131 Å². The summed E-state index contributed by atoms with van der Waals surface area (Å²) in [6, 6.07) is 12.3. The summed E-state index contributed by atoms with van der Waals surface area (Å²) in [6.07, 6.45) is 5.48. The van der Waals surface area contributed by atoms with Gasteiger partial charge in [0.1, 0.15) is 0 Å². The number of aromatic nitrogens is 1. The summed E-state index contributed by atoms with van der Waals surface area (Å²) in [4.78, 5) is 18.8. The molecule has 22 heavy (non-hydrogen) atoms.